The predicted octanol–water partition coefficient (Wildman–Crippen LogP) is 4.47. The first-order valence-electron chi connectivity index (χ1n) is 7.19. The molecule has 3 nitrogen and oxygen atoms in total. The number of carbonyl (C=O) groups excluding carboxylic acids is 1. The molecule has 1 aromatic heterocycles. The van der Waals surface area contributed by atoms with Crippen LogP contribution < -0.4 is 10.6 Å². The second kappa shape index (κ2) is 6.92. The molecule has 0 fully saturated rings. The summed E-state index contributed by atoms with van der Waals surface area (Å²) in [4.78, 5) is 13.2. The Labute approximate surface area is 134 Å². The van der Waals surface area contributed by atoms with Gasteiger partial charge in [-0.2, -0.15) is 0 Å². The molecular formula is C17H21FN2OS. The number of rotatable bonds is 4. The lowest BCUT2D eigenvalue weighted by Crippen LogP contribution is -2.42. The van der Waals surface area contributed by atoms with Crippen molar-refractivity contribution in [3.8, 4) is 0 Å². The van der Waals surface area contributed by atoms with Gasteiger partial charge >= 0.3 is 6.03 Å². The minimum absolute atomic E-state index is 0.0897. The van der Waals surface area contributed by atoms with Crippen LogP contribution in [-0.2, 0) is 6.54 Å². The molecule has 0 bridgehead atoms. The Morgan fingerprint density at radius 3 is 2.55 bits per heavy atom. The van der Waals surface area contributed by atoms with Crippen molar-refractivity contribution in [3.63, 3.8) is 0 Å². The largest absolute Gasteiger partial charge is 0.334 e. The molecule has 118 valence electrons. The molecule has 2 rings (SSSR count). The molecule has 1 atom stereocenters. The highest BCUT2D eigenvalue weighted by atomic mass is 32.1. The standard InChI is InChI=1S/C17H21FN2OS/c1-17(2,3)15(14-9-6-10-22-14)20-16(21)19-11-12-7-4-5-8-13(12)18/h4-10,15H,11H2,1-3H3,(H2,19,20,21). The van der Waals surface area contributed by atoms with Crippen LogP contribution in [-0.4, -0.2) is 6.03 Å². The highest BCUT2D eigenvalue weighted by molar-refractivity contribution is 7.10. The Balaban J connectivity index is 1.99. The van der Waals surface area contributed by atoms with Crippen LogP contribution in [0.1, 0.15) is 37.3 Å². The number of hydrogen-bond acceptors (Lipinski definition) is 2. The number of benzene rings is 1. The van der Waals surface area contributed by atoms with Gasteiger partial charge in [0.05, 0.1) is 6.04 Å². The van der Waals surface area contributed by atoms with Crippen LogP contribution in [0.4, 0.5) is 9.18 Å². The van der Waals surface area contributed by atoms with E-state index in [9.17, 15) is 9.18 Å². The molecule has 0 aliphatic rings. The summed E-state index contributed by atoms with van der Waals surface area (Å²) >= 11 is 1.61. The normalized spacial score (nSPS) is 12.7. The average molecular weight is 320 g/mol. The smallest absolute Gasteiger partial charge is 0.315 e. The fourth-order valence-corrected chi connectivity index (χ4v) is 3.19. The molecule has 2 amide bonds. The maximum absolute atomic E-state index is 13.5. The molecule has 22 heavy (non-hydrogen) atoms. The lowest BCUT2D eigenvalue weighted by molar-refractivity contribution is 0.219. The number of urea groups is 1. The molecule has 1 heterocycles. The minimum atomic E-state index is -0.312. The Kier molecular flexibility index (Phi) is 5.19. The molecule has 0 saturated carbocycles. The molecule has 1 aromatic carbocycles. The van der Waals surface area contributed by atoms with Crippen LogP contribution in [0.5, 0.6) is 0 Å². The molecule has 0 radical (unpaired) electrons. The van der Waals surface area contributed by atoms with Crippen molar-refractivity contribution in [3.05, 3.63) is 58.0 Å². The quantitative estimate of drug-likeness (QED) is 0.857. The number of thiophene rings is 1. The van der Waals surface area contributed by atoms with Gasteiger partial charge in [0.25, 0.3) is 0 Å². The van der Waals surface area contributed by atoms with E-state index in [0.717, 1.165) is 4.88 Å². The lowest BCUT2D eigenvalue weighted by atomic mass is 9.86. The van der Waals surface area contributed by atoms with Gasteiger partial charge in [0, 0.05) is 17.0 Å². The zero-order valence-corrected chi connectivity index (χ0v) is 13.8. The van der Waals surface area contributed by atoms with E-state index in [2.05, 4.69) is 31.4 Å². The topological polar surface area (TPSA) is 41.1 Å². The third-order valence-electron chi connectivity index (χ3n) is 3.37. The first-order valence-corrected chi connectivity index (χ1v) is 8.07. The van der Waals surface area contributed by atoms with Gasteiger partial charge in [-0.15, -0.1) is 11.3 Å². The van der Waals surface area contributed by atoms with Crippen LogP contribution in [0.3, 0.4) is 0 Å². The second-order valence-corrected chi connectivity index (χ2v) is 7.21. The third-order valence-corrected chi connectivity index (χ3v) is 4.30. The SMILES string of the molecule is CC(C)(C)C(NC(=O)NCc1ccccc1F)c1cccs1. The van der Waals surface area contributed by atoms with E-state index in [1.165, 1.54) is 6.07 Å². The number of nitrogens with one attached hydrogen (secondary N) is 2. The minimum Gasteiger partial charge on any atom is -0.334 e. The second-order valence-electron chi connectivity index (χ2n) is 6.23. The molecule has 0 spiro atoms. The van der Waals surface area contributed by atoms with Crippen molar-refractivity contribution >= 4 is 17.4 Å². The maximum Gasteiger partial charge on any atom is 0.315 e. The summed E-state index contributed by atoms with van der Waals surface area (Å²) < 4.78 is 13.5. The van der Waals surface area contributed by atoms with Crippen molar-refractivity contribution in [2.24, 2.45) is 5.41 Å². The summed E-state index contributed by atoms with van der Waals surface area (Å²) in [5, 5.41) is 7.70. The van der Waals surface area contributed by atoms with Crippen molar-refractivity contribution in [1.82, 2.24) is 10.6 Å². The number of carbonyl (C=O) groups is 1. The summed E-state index contributed by atoms with van der Waals surface area (Å²) in [6.07, 6.45) is 0. The van der Waals surface area contributed by atoms with Gasteiger partial charge in [0.1, 0.15) is 5.82 Å². The van der Waals surface area contributed by atoms with Gasteiger partial charge in [-0.1, -0.05) is 45.0 Å². The van der Waals surface area contributed by atoms with E-state index >= 15 is 0 Å². The maximum atomic E-state index is 13.5. The van der Waals surface area contributed by atoms with E-state index in [-0.39, 0.29) is 29.8 Å². The lowest BCUT2D eigenvalue weighted by Gasteiger charge is -2.30. The highest BCUT2D eigenvalue weighted by Crippen LogP contribution is 2.34. The average Bonchev–Trinajstić information content (AvgIpc) is 2.96. The number of halogens is 1. The van der Waals surface area contributed by atoms with Crippen LogP contribution in [0.15, 0.2) is 41.8 Å². The number of amides is 2. The van der Waals surface area contributed by atoms with Gasteiger partial charge in [-0.05, 0) is 22.9 Å². The van der Waals surface area contributed by atoms with Crippen LogP contribution >= 0.6 is 11.3 Å². The van der Waals surface area contributed by atoms with Gasteiger partial charge in [-0.3, -0.25) is 0 Å². The summed E-state index contributed by atoms with van der Waals surface area (Å²) in [7, 11) is 0. The van der Waals surface area contributed by atoms with Crippen LogP contribution in [0.2, 0.25) is 0 Å². The predicted molar refractivity (Wildman–Crippen MR) is 88.3 cm³/mol. The summed E-state index contributed by atoms with van der Waals surface area (Å²) in [6.45, 7) is 6.40. The van der Waals surface area contributed by atoms with Crippen molar-refractivity contribution in [2.75, 3.05) is 0 Å². The molecule has 0 aliphatic heterocycles. The zero-order chi connectivity index (χ0) is 16.2. The molecule has 2 aromatic rings. The molecule has 0 saturated heterocycles. The third kappa shape index (κ3) is 4.31. The van der Waals surface area contributed by atoms with E-state index in [1.807, 2.05) is 17.5 Å². The van der Waals surface area contributed by atoms with E-state index in [1.54, 1.807) is 29.5 Å². The molecule has 2 N–H and O–H groups in total. The molecule has 5 heteroatoms. The first-order chi connectivity index (χ1) is 10.4. The Hall–Kier alpha value is -1.88. The molecular weight excluding hydrogens is 299 g/mol. The molecule has 0 aliphatic carbocycles. The van der Waals surface area contributed by atoms with Gasteiger partial charge in [0.15, 0.2) is 0 Å². The van der Waals surface area contributed by atoms with Crippen molar-refractivity contribution in [1.29, 1.82) is 0 Å². The fourth-order valence-electron chi connectivity index (χ4n) is 2.17. The van der Waals surface area contributed by atoms with E-state index in [0.29, 0.717) is 5.56 Å². The summed E-state index contributed by atoms with van der Waals surface area (Å²) in [5.41, 5.74) is 0.362. The Bertz CT molecular complexity index is 620. The van der Waals surface area contributed by atoms with E-state index < -0.39 is 0 Å². The first kappa shape index (κ1) is 16.5. The summed E-state index contributed by atoms with van der Waals surface area (Å²) in [5.74, 6) is -0.312. The Morgan fingerprint density at radius 2 is 1.95 bits per heavy atom. The van der Waals surface area contributed by atoms with Crippen LogP contribution in [0, 0.1) is 11.2 Å². The van der Waals surface area contributed by atoms with Crippen molar-refractivity contribution < 1.29 is 9.18 Å². The fraction of sp³-hybridized carbons (Fsp3) is 0.353. The number of hydrogen-bond donors (Lipinski definition) is 2. The van der Waals surface area contributed by atoms with Crippen LogP contribution in [0.25, 0.3) is 0 Å². The van der Waals surface area contributed by atoms with Gasteiger partial charge < -0.3 is 10.6 Å². The van der Waals surface area contributed by atoms with Gasteiger partial charge in [-0.25, -0.2) is 9.18 Å². The highest BCUT2D eigenvalue weighted by Gasteiger charge is 2.28. The molecule has 1 unspecified atom stereocenters. The van der Waals surface area contributed by atoms with Crippen molar-refractivity contribution in [2.45, 2.75) is 33.4 Å². The zero-order valence-electron chi connectivity index (χ0n) is 13.0. The van der Waals surface area contributed by atoms with E-state index in [4.69, 9.17) is 0 Å². The Morgan fingerprint density at radius 1 is 1.23 bits per heavy atom. The van der Waals surface area contributed by atoms with Gasteiger partial charge in [0.2, 0.25) is 0 Å². The monoisotopic (exact) mass is 320 g/mol. The summed E-state index contributed by atoms with van der Waals surface area (Å²) in [6, 6.07) is 10.0.